The molecule has 1 aromatic carbocycles. The number of aliphatic hydroxyl groups is 2. The first kappa shape index (κ1) is 26.5. The van der Waals surface area contributed by atoms with Crippen molar-refractivity contribution < 1.29 is 37.7 Å². The largest absolute Gasteiger partial charge is 0.458 e. The summed E-state index contributed by atoms with van der Waals surface area (Å²) in [5.74, 6) is -7.09. The molecule has 0 saturated carbocycles. The molecule has 6 rings (SSSR count). The standard InChI is InChI=1S/C28H26F3N3O6/c1-4-27(39)16-7-20-23-14(9-34(20)24(36)15(16)10-40-26(27)38)22-18(33-25(37)28(30,31)12(3)35)6-5-13-11(2)17(29)8-19(32-23)21(13)22/h7-8,12,18,35,39H,4-6,9-10H2,1-3H3,(H,33,37). The molecule has 4 heterocycles. The molecular formula is C28H26F3N3O6. The minimum atomic E-state index is -4.05. The summed E-state index contributed by atoms with van der Waals surface area (Å²) in [7, 11) is 0. The van der Waals surface area contributed by atoms with Gasteiger partial charge in [0.05, 0.1) is 35.1 Å². The maximum absolute atomic E-state index is 15.0. The monoisotopic (exact) mass is 557 g/mol. The van der Waals surface area contributed by atoms with Crippen LogP contribution in [0.2, 0.25) is 0 Å². The molecule has 40 heavy (non-hydrogen) atoms. The number of carbonyl (C=O) groups excluding carboxylic acids is 2. The number of esters is 1. The van der Waals surface area contributed by atoms with Crippen molar-refractivity contribution in [3.05, 3.63) is 61.7 Å². The fourth-order valence-corrected chi connectivity index (χ4v) is 6.14. The van der Waals surface area contributed by atoms with E-state index in [1.54, 1.807) is 13.8 Å². The van der Waals surface area contributed by atoms with Gasteiger partial charge in [0.2, 0.25) is 0 Å². The predicted octanol–water partition coefficient (Wildman–Crippen LogP) is 2.65. The molecule has 0 spiro atoms. The average molecular weight is 558 g/mol. The minimum Gasteiger partial charge on any atom is -0.458 e. The number of cyclic esters (lactones) is 1. The second-order valence-electron chi connectivity index (χ2n) is 10.7. The molecule has 2 aromatic heterocycles. The van der Waals surface area contributed by atoms with E-state index in [0.29, 0.717) is 27.6 Å². The third-order valence-corrected chi connectivity index (χ3v) is 8.51. The molecule has 0 fully saturated rings. The maximum atomic E-state index is 15.0. The Balaban J connectivity index is 1.61. The summed E-state index contributed by atoms with van der Waals surface area (Å²) in [6, 6.07) is 1.79. The minimum absolute atomic E-state index is 0.0252. The summed E-state index contributed by atoms with van der Waals surface area (Å²) in [5, 5.41) is 23.5. The molecule has 0 saturated heterocycles. The summed E-state index contributed by atoms with van der Waals surface area (Å²) in [6.07, 6.45) is -1.82. The number of aromatic nitrogens is 2. The van der Waals surface area contributed by atoms with Crippen LogP contribution in [-0.2, 0) is 39.5 Å². The van der Waals surface area contributed by atoms with E-state index in [9.17, 15) is 37.8 Å². The fourth-order valence-electron chi connectivity index (χ4n) is 6.14. The van der Waals surface area contributed by atoms with E-state index in [1.807, 2.05) is 0 Å². The summed E-state index contributed by atoms with van der Waals surface area (Å²) >= 11 is 0. The molecular weight excluding hydrogens is 531 g/mol. The summed E-state index contributed by atoms with van der Waals surface area (Å²) < 4.78 is 50.3. The van der Waals surface area contributed by atoms with Crippen LogP contribution in [0.3, 0.4) is 0 Å². The van der Waals surface area contributed by atoms with Crippen LogP contribution in [0.15, 0.2) is 16.9 Å². The molecule has 1 amide bonds. The third-order valence-electron chi connectivity index (χ3n) is 8.51. The molecule has 3 N–H and O–H groups in total. The Bertz CT molecular complexity index is 1720. The quantitative estimate of drug-likeness (QED) is 0.329. The van der Waals surface area contributed by atoms with Crippen molar-refractivity contribution in [3.8, 4) is 11.4 Å². The van der Waals surface area contributed by atoms with E-state index in [1.165, 1.54) is 16.7 Å². The number of fused-ring (bicyclic) bond motifs is 5. The van der Waals surface area contributed by atoms with E-state index in [2.05, 4.69) is 10.3 Å². The fraction of sp³-hybridized carbons (Fsp3) is 0.429. The highest BCUT2D eigenvalue weighted by Gasteiger charge is 2.47. The van der Waals surface area contributed by atoms with Gasteiger partial charge in [0, 0.05) is 22.6 Å². The Morgan fingerprint density at radius 3 is 2.70 bits per heavy atom. The van der Waals surface area contributed by atoms with E-state index < -0.39 is 46.9 Å². The van der Waals surface area contributed by atoms with Gasteiger partial charge in [-0.1, -0.05) is 6.92 Å². The van der Waals surface area contributed by atoms with E-state index in [-0.39, 0.29) is 60.4 Å². The summed E-state index contributed by atoms with van der Waals surface area (Å²) in [6.45, 7) is 3.66. The lowest BCUT2D eigenvalue weighted by Crippen LogP contribution is -2.48. The number of nitrogens with one attached hydrogen (secondary N) is 1. The van der Waals surface area contributed by atoms with Crippen LogP contribution in [-0.4, -0.2) is 43.7 Å². The molecule has 0 bridgehead atoms. The number of aryl methyl sites for hydroxylation is 1. The van der Waals surface area contributed by atoms with Gasteiger partial charge in [0.1, 0.15) is 18.5 Å². The molecule has 9 nitrogen and oxygen atoms in total. The van der Waals surface area contributed by atoms with Gasteiger partial charge in [-0.3, -0.25) is 9.59 Å². The molecule has 3 unspecified atom stereocenters. The number of amides is 1. The Hall–Kier alpha value is -3.77. The van der Waals surface area contributed by atoms with Crippen molar-refractivity contribution in [2.75, 3.05) is 0 Å². The molecule has 210 valence electrons. The third kappa shape index (κ3) is 3.41. The zero-order valence-corrected chi connectivity index (χ0v) is 21.9. The van der Waals surface area contributed by atoms with Gasteiger partial charge in [-0.2, -0.15) is 8.78 Å². The number of nitrogens with zero attached hydrogens (tertiary/aromatic N) is 2. The zero-order valence-electron chi connectivity index (χ0n) is 21.9. The number of rotatable bonds is 4. The van der Waals surface area contributed by atoms with Gasteiger partial charge in [0.15, 0.2) is 5.60 Å². The van der Waals surface area contributed by atoms with Gasteiger partial charge >= 0.3 is 11.9 Å². The Morgan fingerprint density at radius 2 is 2.02 bits per heavy atom. The number of hydrogen-bond acceptors (Lipinski definition) is 7. The van der Waals surface area contributed by atoms with E-state index >= 15 is 0 Å². The molecule has 0 radical (unpaired) electrons. The highest BCUT2D eigenvalue weighted by Crippen LogP contribution is 2.46. The van der Waals surface area contributed by atoms with Crippen molar-refractivity contribution in [2.24, 2.45) is 0 Å². The number of hydrogen-bond donors (Lipinski definition) is 3. The molecule has 2 aliphatic heterocycles. The van der Waals surface area contributed by atoms with E-state index in [4.69, 9.17) is 4.74 Å². The Labute approximate surface area is 225 Å². The Kier molecular flexibility index (Phi) is 5.70. The second-order valence-corrected chi connectivity index (χ2v) is 10.7. The van der Waals surface area contributed by atoms with Crippen LogP contribution in [0.25, 0.3) is 22.3 Å². The number of carbonyl (C=O) groups is 2. The SMILES string of the molecule is CCC1(O)C(=O)OCc2c1cc1n(c2=O)Cc2c-1nc1cc(F)c(C)c3c1c2C(NC(=O)C(F)(F)C(C)O)CC3. The lowest BCUT2D eigenvalue weighted by molar-refractivity contribution is -0.172. The van der Waals surface area contributed by atoms with Crippen LogP contribution in [0.4, 0.5) is 13.2 Å². The number of pyridine rings is 2. The number of aliphatic hydroxyl groups excluding tert-OH is 1. The molecule has 1 aliphatic carbocycles. The lowest BCUT2D eigenvalue weighted by atomic mass is 9.81. The second kappa shape index (κ2) is 8.61. The van der Waals surface area contributed by atoms with Crippen molar-refractivity contribution in [2.45, 2.75) is 76.9 Å². The number of benzene rings is 1. The van der Waals surface area contributed by atoms with Crippen molar-refractivity contribution in [1.29, 1.82) is 0 Å². The maximum Gasteiger partial charge on any atom is 0.349 e. The van der Waals surface area contributed by atoms with Crippen LogP contribution in [0.1, 0.15) is 66.1 Å². The highest BCUT2D eigenvalue weighted by atomic mass is 19.3. The molecule has 3 aliphatic rings. The van der Waals surface area contributed by atoms with Gasteiger partial charge < -0.3 is 24.8 Å². The lowest BCUT2D eigenvalue weighted by Gasteiger charge is -2.31. The van der Waals surface area contributed by atoms with E-state index in [0.717, 1.165) is 6.92 Å². The summed E-state index contributed by atoms with van der Waals surface area (Å²) in [4.78, 5) is 43.3. The first-order chi connectivity index (χ1) is 18.8. The smallest absolute Gasteiger partial charge is 0.349 e. The van der Waals surface area contributed by atoms with Gasteiger partial charge in [0.25, 0.3) is 11.5 Å². The first-order valence-electron chi connectivity index (χ1n) is 13.0. The van der Waals surface area contributed by atoms with Gasteiger partial charge in [-0.15, -0.1) is 0 Å². The number of alkyl halides is 2. The highest BCUT2D eigenvalue weighted by molar-refractivity contribution is 5.94. The molecule has 3 atom stereocenters. The Morgan fingerprint density at radius 1 is 1.30 bits per heavy atom. The van der Waals surface area contributed by atoms with Crippen molar-refractivity contribution in [1.82, 2.24) is 14.9 Å². The van der Waals surface area contributed by atoms with Gasteiger partial charge in [-0.25, -0.2) is 14.2 Å². The topological polar surface area (TPSA) is 131 Å². The van der Waals surface area contributed by atoms with Crippen LogP contribution >= 0.6 is 0 Å². The van der Waals surface area contributed by atoms with Crippen LogP contribution in [0.5, 0.6) is 0 Å². The van der Waals surface area contributed by atoms with Crippen molar-refractivity contribution >= 4 is 22.8 Å². The first-order valence-corrected chi connectivity index (χ1v) is 13.0. The normalized spacial score (nSPS) is 21.9. The van der Waals surface area contributed by atoms with Crippen LogP contribution < -0.4 is 10.9 Å². The van der Waals surface area contributed by atoms with Gasteiger partial charge in [-0.05, 0) is 55.9 Å². The molecule has 12 heteroatoms. The van der Waals surface area contributed by atoms with Crippen LogP contribution in [0, 0.1) is 12.7 Å². The van der Waals surface area contributed by atoms with Crippen molar-refractivity contribution in [3.63, 3.8) is 0 Å². The number of ether oxygens (including phenoxy) is 1. The molecule has 3 aromatic rings. The number of halogens is 3. The average Bonchev–Trinajstić information content (AvgIpc) is 3.28. The predicted molar refractivity (Wildman–Crippen MR) is 135 cm³/mol. The summed E-state index contributed by atoms with van der Waals surface area (Å²) in [5.41, 5.74) is 0.341. The zero-order chi connectivity index (χ0) is 28.9.